The van der Waals surface area contributed by atoms with E-state index in [1.807, 2.05) is 0 Å². The fourth-order valence-corrected chi connectivity index (χ4v) is 5.63. The molecule has 2 rings (SSSR count). The summed E-state index contributed by atoms with van der Waals surface area (Å²) in [5, 5.41) is 0. The molecule has 0 radical (unpaired) electrons. The van der Waals surface area contributed by atoms with Gasteiger partial charge in [0.2, 0.25) is 0 Å². The van der Waals surface area contributed by atoms with Crippen molar-refractivity contribution in [3.63, 3.8) is 0 Å². The Morgan fingerprint density at radius 2 is 0.686 bits per heavy atom. The van der Waals surface area contributed by atoms with E-state index >= 15 is 0 Å². The van der Waals surface area contributed by atoms with E-state index in [1.165, 1.54) is 38.9 Å². The summed E-state index contributed by atoms with van der Waals surface area (Å²) in [6.45, 7) is 40.4. The van der Waals surface area contributed by atoms with Gasteiger partial charge in [0.25, 0.3) is 0 Å². The van der Waals surface area contributed by atoms with Crippen LogP contribution in [0.5, 0.6) is 0 Å². The highest BCUT2D eigenvalue weighted by molar-refractivity contribution is 5.57. The quantitative estimate of drug-likeness (QED) is 0.404. The Bertz CT molecular complexity index is 1060. The highest BCUT2D eigenvalue weighted by Crippen LogP contribution is 2.48. The van der Waals surface area contributed by atoms with Crippen LogP contribution in [0.15, 0.2) is 30.3 Å². The van der Waals surface area contributed by atoms with Gasteiger partial charge >= 0.3 is 0 Å². The van der Waals surface area contributed by atoms with Crippen molar-refractivity contribution >= 4 is 0 Å². The van der Waals surface area contributed by atoms with E-state index in [0.29, 0.717) is 0 Å². The third-order valence-corrected chi connectivity index (χ3v) is 7.55. The van der Waals surface area contributed by atoms with Crippen molar-refractivity contribution in [3.05, 3.63) is 69.3 Å². The summed E-state index contributed by atoms with van der Waals surface area (Å²) in [7, 11) is 0. The maximum atomic E-state index is 2.53. The smallest absolute Gasteiger partial charge is 0.0152 e. The lowest BCUT2D eigenvalue weighted by molar-refractivity contribution is 0.487. The lowest BCUT2D eigenvalue weighted by Gasteiger charge is -2.42. The Labute approximate surface area is 219 Å². The Balaban J connectivity index is 3.09. The summed E-state index contributed by atoms with van der Waals surface area (Å²) in [4.78, 5) is 0. The van der Waals surface area contributed by atoms with Gasteiger partial charge in [-0.25, -0.2) is 0 Å². The predicted molar refractivity (Wildman–Crippen MR) is 159 cm³/mol. The molecule has 0 saturated carbocycles. The van der Waals surface area contributed by atoms with Crippen LogP contribution < -0.4 is 0 Å². The molecule has 0 saturated heterocycles. The van der Waals surface area contributed by atoms with Crippen LogP contribution in [0.4, 0.5) is 0 Å². The molecule has 0 amide bonds. The molecule has 0 aliphatic heterocycles. The van der Waals surface area contributed by atoms with Gasteiger partial charge < -0.3 is 0 Å². The molecule has 0 aromatic heterocycles. The number of hydrogen-bond donors (Lipinski definition) is 0. The summed E-state index contributed by atoms with van der Waals surface area (Å²) in [6.07, 6.45) is 0. The van der Waals surface area contributed by atoms with Gasteiger partial charge in [0.1, 0.15) is 0 Å². The van der Waals surface area contributed by atoms with Crippen LogP contribution in [0, 0.1) is 0 Å². The van der Waals surface area contributed by atoms with Crippen LogP contribution >= 0.6 is 0 Å². The topological polar surface area (TPSA) is 0 Å². The van der Waals surface area contributed by atoms with Crippen molar-refractivity contribution < 1.29 is 0 Å². The van der Waals surface area contributed by atoms with Crippen molar-refractivity contribution in [1.82, 2.24) is 0 Å². The standard InChI is InChI=1S/C35H56/c1-30(2,3)24-19-18-23(22-27(24)33(10,11)12)35(16,17)29-26(32(7,8)9)21-20-25(31(4,5)6)28(29)34(13,14)15/h18-22H,1-17H3. The Hall–Kier alpha value is -1.56. The molecule has 0 aliphatic rings. The molecular weight excluding hydrogens is 420 g/mol. The highest BCUT2D eigenvalue weighted by Gasteiger charge is 2.39. The van der Waals surface area contributed by atoms with Gasteiger partial charge in [-0.2, -0.15) is 0 Å². The Morgan fingerprint density at radius 1 is 0.343 bits per heavy atom. The second kappa shape index (κ2) is 8.78. The minimum atomic E-state index is -0.136. The normalized spacial score (nSPS) is 14.4. The molecule has 0 bridgehead atoms. The maximum Gasteiger partial charge on any atom is 0.0152 e. The highest BCUT2D eigenvalue weighted by atomic mass is 14.4. The third kappa shape index (κ3) is 6.06. The van der Waals surface area contributed by atoms with Crippen molar-refractivity contribution in [2.45, 2.75) is 150 Å². The summed E-state index contributed by atoms with van der Waals surface area (Å²) in [6, 6.07) is 12.2. The monoisotopic (exact) mass is 476 g/mol. The first kappa shape index (κ1) is 29.7. The predicted octanol–water partition coefficient (Wildman–Crippen LogP) is 10.5. The van der Waals surface area contributed by atoms with E-state index in [4.69, 9.17) is 0 Å². The van der Waals surface area contributed by atoms with Gasteiger partial charge in [0, 0.05) is 5.41 Å². The lowest BCUT2D eigenvalue weighted by atomic mass is 9.62. The van der Waals surface area contributed by atoms with Crippen LogP contribution in [-0.4, -0.2) is 0 Å². The first-order chi connectivity index (χ1) is 15.3. The Morgan fingerprint density at radius 3 is 1.03 bits per heavy atom. The van der Waals surface area contributed by atoms with Crippen LogP contribution in [0.1, 0.15) is 157 Å². The molecular formula is C35H56. The van der Waals surface area contributed by atoms with Crippen LogP contribution in [-0.2, 0) is 32.5 Å². The SMILES string of the molecule is CC(C)(C)c1ccc(C(C)(C)c2c(C(C)(C)C)ccc(C(C)(C)C)c2C(C)(C)C)cc1C(C)(C)C. The zero-order valence-electron chi connectivity index (χ0n) is 26.4. The fraction of sp³-hybridized carbons (Fsp3) is 0.657. The fourth-order valence-electron chi connectivity index (χ4n) is 5.63. The molecule has 0 aliphatic carbocycles. The molecule has 0 heteroatoms. The average Bonchev–Trinajstić information content (AvgIpc) is 2.62. The lowest BCUT2D eigenvalue weighted by Crippen LogP contribution is -2.34. The van der Waals surface area contributed by atoms with E-state index in [-0.39, 0.29) is 32.5 Å². The van der Waals surface area contributed by atoms with E-state index in [0.717, 1.165) is 0 Å². The number of rotatable bonds is 2. The van der Waals surface area contributed by atoms with Gasteiger partial charge in [0.05, 0.1) is 0 Å². The first-order valence-corrected chi connectivity index (χ1v) is 13.6. The third-order valence-electron chi connectivity index (χ3n) is 7.55. The van der Waals surface area contributed by atoms with E-state index in [2.05, 4.69) is 148 Å². The molecule has 0 N–H and O–H groups in total. The maximum absolute atomic E-state index is 2.53. The van der Waals surface area contributed by atoms with Crippen molar-refractivity contribution in [1.29, 1.82) is 0 Å². The molecule has 0 atom stereocenters. The molecule has 35 heavy (non-hydrogen) atoms. The first-order valence-electron chi connectivity index (χ1n) is 13.6. The van der Waals surface area contributed by atoms with Gasteiger partial charge in [-0.1, -0.05) is 148 Å². The largest absolute Gasteiger partial charge is 0.0579 e. The molecule has 0 unspecified atom stereocenters. The van der Waals surface area contributed by atoms with E-state index in [9.17, 15) is 0 Å². The zero-order valence-corrected chi connectivity index (χ0v) is 26.4. The van der Waals surface area contributed by atoms with Gasteiger partial charge in [0.15, 0.2) is 0 Å². The summed E-state index contributed by atoms with van der Waals surface area (Å²) in [5.41, 5.74) is 10.6. The van der Waals surface area contributed by atoms with E-state index in [1.54, 1.807) is 0 Å². The van der Waals surface area contributed by atoms with Crippen molar-refractivity contribution in [2.24, 2.45) is 0 Å². The van der Waals surface area contributed by atoms with Crippen LogP contribution in [0.2, 0.25) is 0 Å². The van der Waals surface area contributed by atoms with Crippen molar-refractivity contribution in [3.8, 4) is 0 Å². The molecule has 2 aromatic carbocycles. The number of benzene rings is 2. The van der Waals surface area contributed by atoms with Crippen LogP contribution in [0.25, 0.3) is 0 Å². The Kier molecular flexibility index (Phi) is 7.44. The minimum Gasteiger partial charge on any atom is -0.0579 e. The van der Waals surface area contributed by atoms with Crippen LogP contribution in [0.3, 0.4) is 0 Å². The molecule has 0 heterocycles. The summed E-state index contributed by atoms with van der Waals surface area (Å²) < 4.78 is 0. The second-order valence-electron chi connectivity index (χ2n) is 16.5. The van der Waals surface area contributed by atoms with Gasteiger partial charge in [-0.15, -0.1) is 0 Å². The molecule has 2 aromatic rings. The summed E-state index contributed by atoms with van der Waals surface area (Å²) >= 11 is 0. The molecule has 0 spiro atoms. The molecule has 0 nitrogen and oxygen atoms in total. The molecule has 196 valence electrons. The summed E-state index contributed by atoms with van der Waals surface area (Å²) in [5.74, 6) is 0. The zero-order chi connectivity index (χ0) is 27.6. The van der Waals surface area contributed by atoms with Gasteiger partial charge in [-0.3, -0.25) is 0 Å². The number of hydrogen-bond acceptors (Lipinski definition) is 0. The second-order valence-corrected chi connectivity index (χ2v) is 16.5. The van der Waals surface area contributed by atoms with Crippen molar-refractivity contribution in [2.75, 3.05) is 0 Å². The van der Waals surface area contributed by atoms with Gasteiger partial charge in [-0.05, 0) is 66.0 Å². The molecule has 0 fully saturated rings. The minimum absolute atomic E-state index is 0.0364. The van der Waals surface area contributed by atoms with E-state index < -0.39 is 0 Å². The average molecular weight is 477 g/mol.